The topological polar surface area (TPSA) is 32.3 Å². The zero-order valence-electron chi connectivity index (χ0n) is 12.0. The Hall–Kier alpha value is -0.570. The first-order chi connectivity index (χ1) is 7.94. The fraction of sp³-hybridized carbons (Fsp3) is 0.929. The largest absolute Gasteiger partial charge is 0.342 e. The molecule has 0 bridgehead atoms. The molecule has 0 saturated carbocycles. The van der Waals surface area contributed by atoms with Crippen molar-refractivity contribution in [3.8, 4) is 0 Å². The predicted octanol–water partition coefficient (Wildman–Crippen LogP) is 2.27. The van der Waals surface area contributed by atoms with Gasteiger partial charge < -0.3 is 10.2 Å². The highest BCUT2D eigenvalue weighted by atomic mass is 16.2. The van der Waals surface area contributed by atoms with Crippen LogP contribution in [0.5, 0.6) is 0 Å². The van der Waals surface area contributed by atoms with Gasteiger partial charge in [0.25, 0.3) is 0 Å². The second-order valence-corrected chi connectivity index (χ2v) is 5.78. The minimum absolute atomic E-state index is 0.108. The monoisotopic (exact) mass is 240 g/mol. The maximum Gasteiger partial charge on any atom is 0.228 e. The summed E-state index contributed by atoms with van der Waals surface area (Å²) in [4.78, 5) is 14.7. The van der Waals surface area contributed by atoms with E-state index in [1.165, 1.54) is 0 Å². The standard InChI is InChI=1S/C14H28N2O/c1-6-14(7-9-15-10-8-14)13(17)16(5)12(4)11(2)3/h11-12,15H,6-10H2,1-5H3. The lowest BCUT2D eigenvalue weighted by molar-refractivity contribution is -0.145. The molecule has 0 aliphatic carbocycles. The Bertz CT molecular complexity index is 257. The Labute approximate surface area is 106 Å². The maximum absolute atomic E-state index is 12.7. The molecule has 3 heteroatoms. The molecule has 1 aliphatic rings. The molecule has 1 aliphatic heterocycles. The van der Waals surface area contributed by atoms with Crippen molar-refractivity contribution in [2.24, 2.45) is 11.3 Å². The molecule has 1 N–H and O–H groups in total. The molecular weight excluding hydrogens is 212 g/mol. The lowest BCUT2D eigenvalue weighted by Crippen LogP contribution is -2.51. The van der Waals surface area contributed by atoms with Gasteiger partial charge in [-0.3, -0.25) is 4.79 Å². The molecule has 1 atom stereocenters. The van der Waals surface area contributed by atoms with Crippen LogP contribution < -0.4 is 5.32 Å². The maximum atomic E-state index is 12.7. The molecule has 1 saturated heterocycles. The van der Waals surface area contributed by atoms with Gasteiger partial charge in [0.05, 0.1) is 5.41 Å². The van der Waals surface area contributed by atoms with Crippen molar-refractivity contribution < 1.29 is 4.79 Å². The normalized spacial score (nSPS) is 21.3. The van der Waals surface area contributed by atoms with Gasteiger partial charge in [0.15, 0.2) is 0 Å². The number of rotatable bonds is 4. The number of carbonyl (C=O) groups is 1. The third kappa shape index (κ3) is 3.01. The number of hydrogen-bond acceptors (Lipinski definition) is 2. The van der Waals surface area contributed by atoms with Crippen molar-refractivity contribution in [2.45, 2.75) is 53.0 Å². The summed E-state index contributed by atoms with van der Waals surface area (Å²) in [7, 11) is 1.96. The minimum Gasteiger partial charge on any atom is -0.342 e. The van der Waals surface area contributed by atoms with Crippen molar-refractivity contribution in [3.63, 3.8) is 0 Å². The summed E-state index contributed by atoms with van der Waals surface area (Å²) in [6.45, 7) is 10.6. The van der Waals surface area contributed by atoms with Crippen molar-refractivity contribution in [2.75, 3.05) is 20.1 Å². The Kier molecular flexibility index (Phi) is 4.99. The van der Waals surface area contributed by atoms with E-state index in [-0.39, 0.29) is 5.41 Å². The Morgan fingerprint density at radius 2 is 1.82 bits per heavy atom. The summed E-state index contributed by atoms with van der Waals surface area (Å²) in [5, 5.41) is 3.35. The zero-order valence-corrected chi connectivity index (χ0v) is 12.0. The Morgan fingerprint density at radius 3 is 2.24 bits per heavy atom. The lowest BCUT2D eigenvalue weighted by atomic mass is 9.75. The summed E-state index contributed by atoms with van der Waals surface area (Å²) < 4.78 is 0. The fourth-order valence-corrected chi connectivity index (χ4v) is 2.63. The van der Waals surface area contributed by atoms with E-state index in [9.17, 15) is 4.79 Å². The summed E-state index contributed by atoms with van der Waals surface area (Å²) in [6.07, 6.45) is 2.93. The number of nitrogens with zero attached hydrogens (tertiary/aromatic N) is 1. The second kappa shape index (κ2) is 5.85. The van der Waals surface area contributed by atoms with Gasteiger partial charge in [-0.15, -0.1) is 0 Å². The average Bonchev–Trinajstić information content (AvgIpc) is 2.36. The molecule has 1 amide bonds. The van der Waals surface area contributed by atoms with Crippen LogP contribution in [0.3, 0.4) is 0 Å². The highest BCUT2D eigenvalue weighted by Crippen LogP contribution is 2.35. The van der Waals surface area contributed by atoms with E-state index in [0.29, 0.717) is 17.9 Å². The molecule has 0 aromatic rings. The van der Waals surface area contributed by atoms with Crippen molar-refractivity contribution >= 4 is 5.91 Å². The van der Waals surface area contributed by atoms with Gasteiger partial charge in [0.2, 0.25) is 5.91 Å². The smallest absolute Gasteiger partial charge is 0.228 e. The number of piperidine rings is 1. The van der Waals surface area contributed by atoms with Gasteiger partial charge in [-0.1, -0.05) is 20.8 Å². The summed E-state index contributed by atoms with van der Waals surface area (Å²) in [6, 6.07) is 0.320. The van der Waals surface area contributed by atoms with Gasteiger partial charge in [0.1, 0.15) is 0 Å². The molecule has 3 nitrogen and oxygen atoms in total. The Balaban J connectivity index is 2.78. The summed E-state index contributed by atoms with van der Waals surface area (Å²) in [5.41, 5.74) is -0.108. The Morgan fingerprint density at radius 1 is 1.29 bits per heavy atom. The van der Waals surface area contributed by atoms with Crippen LogP contribution in [0, 0.1) is 11.3 Å². The van der Waals surface area contributed by atoms with E-state index in [1.807, 2.05) is 11.9 Å². The van der Waals surface area contributed by atoms with E-state index in [0.717, 1.165) is 32.4 Å². The van der Waals surface area contributed by atoms with Crippen molar-refractivity contribution in [1.82, 2.24) is 10.2 Å². The van der Waals surface area contributed by atoms with Gasteiger partial charge >= 0.3 is 0 Å². The predicted molar refractivity (Wildman–Crippen MR) is 71.9 cm³/mol. The molecule has 1 rings (SSSR count). The van der Waals surface area contributed by atoms with E-state index in [2.05, 4.69) is 33.0 Å². The average molecular weight is 240 g/mol. The molecule has 1 fully saturated rings. The van der Waals surface area contributed by atoms with Crippen LogP contribution in [0.25, 0.3) is 0 Å². The molecule has 0 spiro atoms. The van der Waals surface area contributed by atoms with Gasteiger partial charge in [-0.2, -0.15) is 0 Å². The number of amides is 1. The molecule has 0 aromatic carbocycles. The molecule has 1 heterocycles. The van der Waals surface area contributed by atoms with E-state index < -0.39 is 0 Å². The molecule has 1 unspecified atom stereocenters. The number of nitrogens with one attached hydrogen (secondary N) is 1. The van der Waals surface area contributed by atoms with Gasteiger partial charge in [-0.25, -0.2) is 0 Å². The third-order valence-corrected chi connectivity index (χ3v) is 4.59. The van der Waals surface area contributed by atoms with E-state index >= 15 is 0 Å². The van der Waals surface area contributed by atoms with E-state index in [4.69, 9.17) is 0 Å². The van der Waals surface area contributed by atoms with Crippen LogP contribution in [-0.4, -0.2) is 37.0 Å². The molecule has 17 heavy (non-hydrogen) atoms. The highest BCUT2D eigenvalue weighted by molar-refractivity contribution is 5.83. The van der Waals surface area contributed by atoms with Crippen LogP contribution in [0.1, 0.15) is 47.0 Å². The molecule has 0 radical (unpaired) electrons. The van der Waals surface area contributed by atoms with Gasteiger partial charge in [-0.05, 0) is 45.2 Å². The van der Waals surface area contributed by atoms with Gasteiger partial charge in [0, 0.05) is 13.1 Å². The van der Waals surface area contributed by atoms with Crippen LogP contribution in [0.15, 0.2) is 0 Å². The lowest BCUT2D eigenvalue weighted by Gasteiger charge is -2.41. The SMILES string of the molecule is CCC1(C(=O)N(C)C(C)C(C)C)CCNCC1. The molecule has 100 valence electrons. The first-order valence-electron chi connectivity index (χ1n) is 6.92. The summed E-state index contributed by atoms with van der Waals surface area (Å²) in [5.74, 6) is 0.863. The highest BCUT2D eigenvalue weighted by Gasteiger charge is 2.40. The van der Waals surface area contributed by atoms with Crippen LogP contribution in [0.4, 0.5) is 0 Å². The third-order valence-electron chi connectivity index (χ3n) is 4.59. The van der Waals surface area contributed by atoms with Crippen molar-refractivity contribution in [3.05, 3.63) is 0 Å². The summed E-state index contributed by atoms with van der Waals surface area (Å²) >= 11 is 0. The first kappa shape index (κ1) is 14.5. The van der Waals surface area contributed by atoms with Crippen LogP contribution in [-0.2, 0) is 4.79 Å². The minimum atomic E-state index is -0.108. The van der Waals surface area contributed by atoms with Crippen molar-refractivity contribution in [1.29, 1.82) is 0 Å². The molecule has 0 aromatic heterocycles. The number of carbonyl (C=O) groups excluding carboxylic acids is 1. The fourth-order valence-electron chi connectivity index (χ4n) is 2.63. The zero-order chi connectivity index (χ0) is 13.1. The number of hydrogen-bond donors (Lipinski definition) is 1. The molecular formula is C14H28N2O. The second-order valence-electron chi connectivity index (χ2n) is 5.78. The quantitative estimate of drug-likeness (QED) is 0.817. The first-order valence-corrected chi connectivity index (χ1v) is 6.92. The van der Waals surface area contributed by atoms with Crippen LogP contribution >= 0.6 is 0 Å². The van der Waals surface area contributed by atoms with E-state index in [1.54, 1.807) is 0 Å². The van der Waals surface area contributed by atoms with Crippen LogP contribution in [0.2, 0.25) is 0 Å².